The molecule has 0 unspecified atom stereocenters. The van der Waals surface area contributed by atoms with Gasteiger partial charge in [-0.15, -0.1) is 0 Å². The minimum absolute atomic E-state index is 0.152. The summed E-state index contributed by atoms with van der Waals surface area (Å²) >= 11 is 5.99. The Morgan fingerprint density at radius 3 is 2.75 bits per heavy atom. The fraction of sp³-hybridized carbons (Fsp3) is 0.200. The molecule has 5 heteroatoms. The largest absolute Gasteiger partial charge is 0.452 e. The number of carbonyl (C=O) groups excluding carboxylic acids is 1. The number of halogens is 1. The number of rotatable bonds is 2. The number of nitrogens with zero attached hydrogens (tertiary/aromatic N) is 2. The highest BCUT2D eigenvalue weighted by Crippen LogP contribution is 2.29. The van der Waals surface area contributed by atoms with Crippen LogP contribution in [-0.4, -0.2) is 15.6 Å². The molecule has 0 aliphatic heterocycles. The van der Waals surface area contributed by atoms with E-state index in [1.165, 1.54) is 0 Å². The van der Waals surface area contributed by atoms with E-state index in [4.69, 9.17) is 16.0 Å². The summed E-state index contributed by atoms with van der Waals surface area (Å²) < 4.78 is 7.31. The molecule has 0 atom stereocenters. The van der Waals surface area contributed by atoms with Crippen molar-refractivity contribution in [3.8, 4) is 0 Å². The van der Waals surface area contributed by atoms with Crippen LogP contribution in [0.25, 0.3) is 11.0 Å². The van der Waals surface area contributed by atoms with E-state index >= 15 is 0 Å². The van der Waals surface area contributed by atoms with Crippen molar-refractivity contribution in [1.82, 2.24) is 9.78 Å². The Bertz CT molecular complexity index is 830. The third-order valence-electron chi connectivity index (χ3n) is 3.36. The summed E-state index contributed by atoms with van der Waals surface area (Å²) in [5.41, 5.74) is 2.71. The van der Waals surface area contributed by atoms with Gasteiger partial charge in [0.1, 0.15) is 5.58 Å². The average molecular weight is 289 g/mol. The van der Waals surface area contributed by atoms with Gasteiger partial charge in [0, 0.05) is 29.2 Å². The van der Waals surface area contributed by atoms with Gasteiger partial charge in [0.2, 0.25) is 5.78 Å². The number of furan rings is 1. The summed E-state index contributed by atoms with van der Waals surface area (Å²) in [6, 6.07) is 5.33. The molecule has 2 aromatic heterocycles. The van der Waals surface area contributed by atoms with Crippen molar-refractivity contribution in [3.63, 3.8) is 0 Å². The van der Waals surface area contributed by atoms with Gasteiger partial charge >= 0.3 is 0 Å². The number of hydrogen-bond donors (Lipinski definition) is 0. The van der Waals surface area contributed by atoms with Crippen molar-refractivity contribution in [3.05, 3.63) is 52.0 Å². The van der Waals surface area contributed by atoms with Crippen LogP contribution in [0.1, 0.15) is 27.4 Å². The van der Waals surface area contributed by atoms with Crippen LogP contribution in [0, 0.1) is 13.8 Å². The third kappa shape index (κ3) is 1.93. The molecule has 3 aromatic rings. The lowest BCUT2D eigenvalue weighted by Crippen LogP contribution is -2.02. The average Bonchev–Trinajstić information content (AvgIpc) is 2.90. The predicted octanol–water partition coefficient (Wildman–Crippen LogP) is 3.67. The Morgan fingerprint density at radius 2 is 2.10 bits per heavy atom. The molecule has 3 rings (SSSR count). The minimum atomic E-state index is -0.152. The standard InChI is InChI=1S/C15H13ClN2O2/c1-8-11-6-10(16)4-5-13(11)20-15(8)14(19)12-7-18(3)17-9(12)2/h4-7H,1-3H3. The van der Waals surface area contributed by atoms with Crippen LogP contribution >= 0.6 is 11.6 Å². The van der Waals surface area contributed by atoms with Crippen LogP contribution in [0.5, 0.6) is 0 Å². The van der Waals surface area contributed by atoms with Gasteiger partial charge < -0.3 is 4.42 Å². The molecular formula is C15H13ClN2O2. The maximum Gasteiger partial charge on any atom is 0.231 e. The number of aryl methyl sites for hydroxylation is 3. The smallest absolute Gasteiger partial charge is 0.231 e. The number of ketones is 1. The van der Waals surface area contributed by atoms with Crippen molar-refractivity contribution in [2.24, 2.45) is 7.05 Å². The molecule has 0 N–H and O–H groups in total. The second kappa shape index (κ2) is 4.49. The summed E-state index contributed by atoms with van der Waals surface area (Å²) in [5, 5.41) is 5.67. The second-order valence-corrected chi connectivity index (χ2v) is 5.26. The molecule has 0 spiro atoms. The Morgan fingerprint density at radius 1 is 1.35 bits per heavy atom. The molecule has 2 heterocycles. The van der Waals surface area contributed by atoms with Crippen molar-refractivity contribution in [2.75, 3.05) is 0 Å². The van der Waals surface area contributed by atoms with E-state index in [-0.39, 0.29) is 5.78 Å². The van der Waals surface area contributed by atoms with Crippen LogP contribution in [0.3, 0.4) is 0 Å². The van der Waals surface area contributed by atoms with E-state index in [0.29, 0.717) is 27.6 Å². The van der Waals surface area contributed by atoms with Gasteiger partial charge in [-0.05, 0) is 32.0 Å². The molecular weight excluding hydrogens is 276 g/mol. The lowest BCUT2D eigenvalue weighted by atomic mass is 10.1. The highest BCUT2D eigenvalue weighted by atomic mass is 35.5. The summed E-state index contributed by atoms with van der Waals surface area (Å²) in [5.74, 6) is 0.193. The number of fused-ring (bicyclic) bond motifs is 1. The fourth-order valence-corrected chi connectivity index (χ4v) is 2.53. The molecule has 0 aliphatic rings. The Balaban J connectivity index is 2.17. The van der Waals surface area contributed by atoms with E-state index in [2.05, 4.69) is 5.10 Å². The van der Waals surface area contributed by atoms with E-state index < -0.39 is 0 Å². The molecule has 1 aromatic carbocycles. The summed E-state index contributed by atoms with van der Waals surface area (Å²) in [6.07, 6.45) is 1.71. The molecule has 0 fully saturated rings. The lowest BCUT2D eigenvalue weighted by molar-refractivity contribution is 0.101. The van der Waals surface area contributed by atoms with Crippen molar-refractivity contribution in [2.45, 2.75) is 13.8 Å². The van der Waals surface area contributed by atoms with Gasteiger partial charge in [0.15, 0.2) is 5.76 Å². The number of aromatic nitrogens is 2. The molecule has 20 heavy (non-hydrogen) atoms. The monoisotopic (exact) mass is 288 g/mol. The van der Waals surface area contributed by atoms with Crippen molar-refractivity contribution in [1.29, 1.82) is 0 Å². The highest BCUT2D eigenvalue weighted by Gasteiger charge is 2.22. The molecule has 0 saturated heterocycles. The molecule has 0 aliphatic carbocycles. The van der Waals surface area contributed by atoms with E-state index in [1.54, 1.807) is 30.1 Å². The maximum atomic E-state index is 12.6. The van der Waals surface area contributed by atoms with Crippen LogP contribution in [0.2, 0.25) is 5.02 Å². The Hall–Kier alpha value is -2.07. The normalized spacial score (nSPS) is 11.2. The Labute approximate surface area is 120 Å². The number of benzene rings is 1. The molecule has 0 bridgehead atoms. The van der Waals surface area contributed by atoms with Crippen molar-refractivity contribution < 1.29 is 9.21 Å². The Kier molecular flexibility index (Phi) is 2.91. The van der Waals surface area contributed by atoms with E-state index in [1.807, 2.05) is 19.9 Å². The second-order valence-electron chi connectivity index (χ2n) is 4.83. The fourth-order valence-electron chi connectivity index (χ4n) is 2.35. The van der Waals surface area contributed by atoms with Crippen LogP contribution in [-0.2, 0) is 7.05 Å². The van der Waals surface area contributed by atoms with Gasteiger partial charge in [0.05, 0.1) is 11.3 Å². The summed E-state index contributed by atoms with van der Waals surface area (Å²) in [7, 11) is 1.79. The zero-order valence-corrected chi connectivity index (χ0v) is 12.2. The SMILES string of the molecule is Cc1nn(C)cc1C(=O)c1oc2ccc(Cl)cc2c1C. The maximum absolute atomic E-state index is 12.6. The molecule has 4 nitrogen and oxygen atoms in total. The first-order chi connectivity index (χ1) is 9.47. The first-order valence-electron chi connectivity index (χ1n) is 6.21. The summed E-state index contributed by atoms with van der Waals surface area (Å²) in [4.78, 5) is 12.6. The number of hydrogen-bond acceptors (Lipinski definition) is 3. The lowest BCUT2D eigenvalue weighted by Gasteiger charge is -1.96. The topological polar surface area (TPSA) is 48.0 Å². The van der Waals surface area contributed by atoms with Crippen LogP contribution < -0.4 is 0 Å². The van der Waals surface area contributed by atoms with Gasteiger partial charge in [-0.2, -0.15) is 5.10 Å². The van der Waals surface area contributed by atoms with Crippen molar-refractivity contribution >= 4 is 28.4 Å². The zero-order chi connectivity index (χ0) is 14.4. The predicted molar refractivity (Wildman–Crippen MR) is 77.3 cm³/mol. The molecule has 0 radical (unpaired) electrons. The molecule has 102 valence electrons. The minimum Gasteiger partial charge on any atom is -0.452 e. The van der Waals surface area contributed by atoms with Crippen LogP contribution in [0.15, 0.2) is 28.8 Å². The van der Waals surface area contributed by atoms with Gasteiger partial charge in [-0.25, -0.2) is 0 Å². The summed E-state index contributed by atoms with van der Waals surface area (Å²) in [6.45, 7) is 3.67. The highest BCUT2D eigenvalue weighted by molar-refractivity contribution is 6.31. The van der Waals surface area contributed by atoms with Gasteiger partial charge in [0.25, 0.3) is 0 Å². The number of carbonyl (C=O) groups is 1. The quantitative estimate of drug-likeness (QED) is 0.676. The third-order valence-corrected chi connectivity index (χ3v) is 3.60. The van der Waals surface area contributed by atoms with Gasteiger partial charge in [-0.1, -0.05) is 11.6 Å². The van der Waals surface area contributed by atoms with Crippen LogP contribution in [0.4, 0.5) is 0 Å². The first kappa shape index (κ1) is 12.9. The van der Waals surface area contributed by atoms with E-state index in [0.717, 1.165) is 10.9 Å². The van der Waals surface area contributed by atoms with E-state index in [9.17, 15) is 4.79 Å². The molecule has 0 saturated carbocycles. The van der Waals surface area contributed by atoms with Gasteiger partial charge in [-0.3, -0.25) is 9.48 Å². The first-order valence-corrected chi connectivity index (χ1v) is 6.59. The zero-order valence-electron chi connectivity index (χ0n) is 11.4. The molecule has 0 amide bonds.